The van der Waals surface area contributed by atoms with Crippen LogP contribution in [0.1, 0.15) is 44.3 Å². The van der Waals surface area contributed by atoms with Crippen LogP contribution in [0.3, 0.4) is 0 Å². The fourth-order valence-electron chi connectivity index (χ4n) is 3.36. The van der Waals surface area contributed by atoms with Crippen molar-refractivity contribution >= 4 is 47.5 Å². The molecule has 1 aromatic carbocycles. The van der Waals surface area contributed by atoms with E-state index in [2.05, 4.69) is 15.6 Å². The molecule has 0 bridgehead atoms. The molecule has 2 N–H and O–H groups in total. The molecule has 28 heavy (non-hydrogen) atoms. The molecule has 8 heteroatoms. The van der Waals surface area contributed by atoms with E-state index in [0.29, 0.717) is 24.2 Å². The van der Waals surface area contributed by atoms with Crippen LogP contribution in [0.5, 0.6) is 0 Å². The number of esters is 1. The number of rotatable bonds is 7. The molecule has 0 spiro atoms. The molecule has 1 aliphatic carbocycles. The van der Waals surface area contributed by atoms with Gasteiger partial charge < -0.3 is 20.1 Å². The minimum Gasteiger partial charge on any atom is -0.466 e. The first-order valence-corrected chi connectivity index (χ1v) is 9.87. The largest absolute Gasteiger partial charge is 0.466 e. The van der Waals surface area contributed by atoms with Gasteiger partial charge in [-0.15, -0.1) is 24.0 Å². The Morgan fingerprint density at radius 3 is 2.61 bits per heavy atom. The third-order valence-electron chi connectivity index (χ3n) is 4.87. The summed E-state index contributed by atoms with van der Waals surface area (Å²) in [4.78, 5) is 16.2. The standard InChI is InChI=1S/C20H30ClN3O3.HI/c1-4-27-19(25)14-8-10-17(11-9-14)24-20(22-2)23-13-18(26-3)15-6-5-7-16(21)12-15;/h5-7,12,14,17-18H,4,8-11,13H2,1-3H3,(H2,22,23,24);1H. The smallest absolute Gasteiger partial charge is 0.308 e. The highest BCUT2D eigenvalue weighted by Crippen LogP contribution is 2.25. The van der Waals surface area contributed by atoms with Crippen LogP contribution in [0.2, 0.25) is 5.02 Å². The Morgan fingerprint density at radius 2 is 2.04 bits per heavy atom. The number of carbonyl (C=O) groups excluding carboxylic acids is 1. The van der Waals surface area contributed by atoms with Gasteiger partial charge in [-0.1, -0.05) is 23.7 Å². The molecule has 6 nitrogen and oxygen atoms in total. The predicted molar refractivity (Wildman–Crippen MR) is 123 cm³/mol. The van der Waals surface area contributed by atoms with E-state index in [0.717, 1.165) is 37.2 Å². The maximum Gasteiger partial charge on any atom is 0.308 e. The Hall–Kier alpha value is -1.06. The molecule has 0 heterocycles. The van der Waals surface area contributed by atoms with Crippen LogP contribution >= 0.6 is 35.6 Å². The Morgan fingerprint density at radius 1 is 1.32 bits per heavy atom. The lowest BCUT2D eigenvalue weighted by Gasteiger charge is -2.29. The van der Waals surface area contributed by atoms with Gasteiger partial charge in [-0.3, -0.25) is 9.79 Å². The van der Waals surface area contributed by atoms with Gasteiger partial charge in [0.25, 0.3) is 0 Å². The maximum atomic E-state index is 11.9. The summed E-state index contributed by atoms with van der Waals surface area (Å²) in [7, 11) is 3.43. The van der Waals surface area contributed by atoms with Gasteiger partial charge in [-0.05, 0) is 50.3 Å². The fourth-order valence-corrected chi connectivity index (χ4v) is 3.55. The Kier molecular flexibility index (Phi) is 11.8. The summed E-state index contributed by atoms with van der Waals surface area (Å²) in [6, 6.07) is 7.96. The van der Waals surface area contributed by atoms with Gasteiger partial charge in [0.15, 0.2) is 5.96 Å². The van der Waals surface area contributed by atoms with Crippen molar-refractivity contribution in [2.75, 3.05) is 27.3 Å². The molecule has 2 rings (SSSR count). The van der Waals surface area contributed by atoms with Crippen molar-refractivity contribution in [1.29, 1.82) is 0 Å². The molecule has 1 unspecified atom stereocenters. The van der Waals surface area contributed by atoms with Gasteiger partial charge in [-0.25, -0.2) is 0 Å². The van der Waals surface area contributed by atoms with Gasteiger partial charge >= 0.3 is 5.97 Å². The van der Waals surface area contributed by atoms with Crippen LogP contribution in [0.15, 0.2) is 29.3 Å². The van der Waals surface area contributed by atoms with E-state index in [1.54, 1.807) is 14.2 Å². The minimum absolute atomic E-state index is 0. The van der Waals surface area contributed by atoms with Crippen molar-refractivity contribution in [2.45, 2.75) is 44.8 Å². The lowest BCUT2D eigenvalue weighted by Crippen LogP contribution is -2.46. The molecule has 0 aliphatic heterocycles. The number of carbonyl (C=O) groups is 1. The lowest BCUT2D eigenvalue weighted by molar-refractivity contribution is -0.149. The molecule has 1 aromatic rings. The number of hydrogen-bond donors (Lipinski definition) is 2. The zero-order valence-corrected chi connectivity index (χ0v) is 19.8. The maximum absolute atomic E-state index is 11.9. The Balaban J connectivity index is 0.00000392. The molecule has 0 radical (unpaired) electrons. The number of nitrogens with one attached hydrogen (secondary N) is 2. The van der Waals surface area contributed by atoms with Crippen molar-refractivity contribution < 1.29 is 14.3 Å². The van der Waals surface area contributed by atoms with Crippen molar-refractivity contribution in [2.24, 2.45) is 10.9 Å². The van der Waals surface area contributed by atoms with Crippen LogP contribution in [0.25, 0.3) is 0 Å². The van der Waals surface area contributed by atoms with Crippen LogP contribution in [0, 0.1) is 5.92 Å². The summed E-state index contributed by atoms with van der Waals surface area (Å²) in [6.45, 7) is 2.87. The Bertz CT molecular complexity index is 637. The van der Waals surface area contributed by atoms with E-state index in [-0.39, 0.29) is 42.0 Å². The van der Waals surface area contributed by atoms with E-state index in [4.69, 9.17) is 21.1 Å². The second-order valence-corrected chi connectivity index (χ2v) is 7.11. The van der Waals surface area contributed by atoms with E-state index >= 15 is 0 Å². The van der Waals surface area contributed by atoms with Crippen molar-refractivity contribution in [3.63, 3.8) is 0 Å². The van der Waals surface area contributed by atoms with E-state index in [1.165, 1.54) is 0 Å². The first-order chi connectivity index (χ1) is 13.1. The molecule has 1 fully saturated rings. The topological polar surface area (TPSA) is 72.0 Å². The first kappa shape index (κ1) is 25.0. The normalized spacial score (nSPS) is 20.6. The van der Waals surface area contributed by atoms with Crippen LogP contribution < -0.4 is 10.6 Å². The second kappa shape index (κ2) is 13.2. The van der Waals surface area contributed by atoms with E-state index < -0.39 is 0 Å². The third kappa shape index (κ3) is 7.75. The summed E-state index contributed by atoms with van der Waals surface area (Å²) >= 11 is 6.07. The zero-order valence-electron chi connectivity index (χ0n) is 16.7. The summed E-state index contributed by atoms with van der Waals surface area (Å²) < 4.78 is 10.7. The number of halogens is 2. The highest BCUT2D eigenvalue weighted by atomic mass is 127. The number of aliphatic imine (C=N–C) groups is 1. The zero-order chi connectivity index (χ0) is 19.6. The highest BCUT2D eigenvalue weighted by Gasteiger charge is 2.27. The summed E-state index contributed by atoms with van der Waals surface area (Å²) in [6.07, 6.45) is 3.41. The number of nitrogens with zero attached hydrogens (tertiary/aromatic N) is 1. The molecule has 0 amide bonds. The molecule has 0 saturated heterocycles. The monoisotopic (exact) mass is 523 g/mol. The molecule has 1 aliphatic rings. The van der Waals surface area contributed by atoms with Gasteiger partial charge in [0.1, 0.15) is 0 Å². The predicted octanol–water partition coefficient (Wildman–Crippen LogP) is 3.93. The van der Waals surface area contributed by atoms with Gasteiger partial charge in [0.2, 0.25) is 0 Å². The van der Waals surface area contributed by atoms with E-state index in [1.807, 2.05) is 31.2 Å². The number of guanidine groups is 1. The van der Waals surface area contributed by atoms with Gasteiger partial charge in [-0.2, -0.15) is 0 Å². The number of ether oxygens (including phenoxy) is 2. The van der Waals surface area contributed by atoms with Crippen LogP contribution in [0.4, 0.5) is 0 Å². The van der Waals surface area contributed by atoms with Crippen molar-refractivity contribution in [3.8, 4) is 0 Å². The number of benzene rings is 1. The molecule has 1 saturated carbocycles. The van der Waals surface area contributed by atoms with Crippen LogP contribution in [-0.4, -0.2) is 45.3 Å². The average molecular weight is 524 g/mol. The third-order valence-corrected chi connectivity index (χ3v) is 5.11. The fraction of sp³-hybridized carbons (Fsp3) is 0.600. The molecule has 0 aromatic heterocycles. The molecule has 158 valence electrons. The highest BCUT2D eigenvalue weighted by molar-refractivity contribution is 14.0. The van der Waals surface area contributed by atoms with E-state index in [9.17, 15) is 4.79 Å². The summed E-state index contributed by atoms with van der Waals surface area (Å²) in [5, 5.41) is 7.45. The molecular weight excluding hydrogens is 493 g/mol. The van der Waals surface area contributed by atoms with Gasteiger partial charge in [0, 0.05) is 31.8 Å². The first-order valence-electron chi connectivity index (χ1n) is 9.49. The average Bonchev–Trinajstić information content (AvgIpc) is 2.68. The SMILES string of the molecule is CCOC(=O)C1CCC(NC(=NC)NCC(OC)c2cccc(Cl)c2)CC1.I. The number of hydrogen-bond acceptors (Lipinski definition) is 4. The second-order valence-electron chi connectivity index (χ2n) is 6.68. The molecular formula is C20H31ClIN3O3. The van der Waals surface area contributed by atoms with Crippen molar-refractivity contribution in [1.82, 2.24) is 10.6 Å². The van der Waals surface area contributed by atoms with Gasteiger partial charge in [0.05, 0.1) is 18.6 Å². The quantitative estimate of drug-likeness (QED) is 0.245. The summed E-state index contributed by atoms with van der Waals surface area (Å²) in [5.41, 5.74) is 1.02. The molecule has 1 atom stereocenters. The van der Waals surface area contributed by atoms with Crippen molar-refractivity contribution in [3.05, 3.63) is 34.9 Å². The number of methoxy groups -OCH3 is 1. The summed E-state index contributed by atoms with van der Waals surface area (Å²) in [5.74, 6) is 0.695. The Labute approximate surface area is 189 Å². The van der Waals surface area contributed by atoms with Crippen LogP contribution in [-0.2, 0) is 14.3 Å². The minimum atomic E-state index is -0.123. The lowest BCUT2D eigenvalue weighted by atomic mass is 9.86.